The number of ether oxygens (including phenoxy) is 1. The fourth-order valence-corrected chi connectivity index (χ4v) is 2.54. The summed E-state index contributed by atoms with van der Waals surface area (Å²) in [4.78, 5) is 19.0. The molecule has 0 radical (unpaired) electrons. The van der Waals surface area contributed by atoms with E-state index in [9.17, 15) is 9.18 Å². The van der Waals surface area contributed by atoms with Crippen LogP contribution in [-0.2, 0) is 11.2 Å². The molecule has 0 amide bonds. The maximum absolute atomic E-state index is 13.2. The molecule has 0 unspecified atom stereocenters. The number of methoxy groups -OCH3 is 1. The Balaban J connectivity index is 1.93. The lowest BCUT2D eigenvalue weighted by Gasteiger charge is -2.09. The standard InChI is InChI=1S/C20H17FN2O2/c1-25-20(24)18-10-5-14(3-2-4-17-12-22-13-23-17)11-19(18)15-6-8-16(21)9-7-15/h2-3,5-13H,4H2,1H3,(H,22,23). The molecular weight excluding hydrogens is 319 g/mol. The van der Waals surface area contributed by atoms with Crippen molar-refractivity contribution >= 4 is 12.0 Å². The second-order valence-corrected chi connectivity index (χ2v) is 5.49. The quantitative estimate of drug-likeness (QED) is 0.708. The summed E-state index contributed by atoms with van der Waals surface area (Å²) < 4.78 is 18.0. The highest BCUT2D eigenvalue weighted by molar-refractivity contribution is 5.97. The van der Waals surface area contributed by atoms with Gasteiger partial charge < -0.3 is 9.72 Å². The molecule has 4 nitrogen and oxygen atoms in total. The van der Waals surface area contributed by atoms with Crippen molar-refractivity contribution in [2.75, 3.05) is 7.11 Å². The number of carbonyl (C=O) groups excluding carboxylic acids is 1. The number of carbonyl (C=O) groups is 1. The third-order valence-electron chi connectivity index (χ3n) is 3.81. The molecule has 0 saturated carbocycles. The molecule has 3 aromatic rings. The second kappa shape index (κ2) is 7.57. The molecule has 0 bridgehead atoms. The van der Waals surface area contributed by atoms with Gasteiger partial charge in [0.05, 0.1) is 19.0 Å². The summed E-state index contributed by atoms with van der Waals surface area (Å²) in [6, 6.07) is 11.5. The zero-order chi connectivity index (χ0) is 17.6. The molecule has 126 valence electrons. The van der Waals surface area contributed by atoms with Crippen molar-refractivity contribution in [2.45, 2.75) is 6.42 Å². The average molecular weight is 336 g/mol. The molecule has 0 saturated heterocycles. The Bertz CT molecular complexity index is 885. The molecule has 0 atom stereocenters. The number of rotatable bonds is 5. The molecule has 3 rings (SSSR count). The van der Waals surface area contributed by atoms with Gasteiger partial charge in [-0.2, -0.15) is 0 Å². The van der Waals surface area contributed by atoms with E-state index in [0.717, 1.165) is 23.2 Å². The number of hydrogen-bond donors (Lipinski definition) is 1. The Hall–Kier alpha value is -3.21. The van der Waals surface area contributed by atoms with Gasteiger partial charge in [-0.05, 0) is 41.0 Å². The van der Waals surface area contributed by atoms with E-state index in [2.05, 4.69) is 9.97 Å². The largest absolute Gasteiger partial charge is 0.465 e. The van der Waals surface area contributed by atoms with Gasteiger partial charge in [-0.15, -0.1) is 0 Å². The van der Waals surface area contributed by atoms with Gasteiger partial charge in [-0.1, -0.05) is 30.4 Å². The molecule has 0 fully saturated rings. The summed E-state index contributed by atoms with van der Waals surface area (Å²) in [5, 5.41) is 0. The van der Waals surface area contributed by atoms with E-state index in [4.69, 9.17) is 4.74 Å². The van der Waals surface area contributed by atoms with Gasteiger partial charge in [-0.25, -0.2) is 14.2 Å². The zero-order valence-corrected chi connectivity index (χ0v) is 13.7. The molecule has 25 heavy (non-hydrogen) atoms. The van der Waals surface area contributed by atoms with E-state index in [1.165, 1.54) is 19.2 Å². The van der Waals surface area contributed by atoms with Gasteiger partial charge in [0.2, 0.25) is 0 Å². The summed E-state index contributed by atoms with van der Waals surface area (Å²) >= 11 is 0. The maximum Gasteiger partial charge on any atom is 0.338 e. The van der Waals surface area contributed by atoms with Crippen LogP contribution in [0.3, 0.4) is 0 Å². The molecule has 0 spiro atoms. The minimum Gasteiger partial charge on any atom is -0.465 e. The SMILES string of the molecule is COC(=O)c1ccc(C=CCc2cnc[nH]2)cc1-c1ccc(F)cc1. The number of esters is 1. The number of imidazole rings is 1. The van der Waals surface area contributed by atoms with Crippen molar-refractivity contribution in [2.24, 2.45) is 0 Å². The molecule has 2 aromatic carbocycles. The Kier molecular flexibility index (Phi) is 5.04. The number of hydrogen-bond acceptors (Lipinski definition) is 3. The van der Waals surface area contributed by atoms with Crippen LogP contribution >= 0.6 is 0 Å². The van der Waals surface area contributed by atoms with Gasteiger partial charge >= 0.3 is 5.97 Å². The smallest absolute Gasteiger partial charge is 0.338 e. The third-order valence-corrected chi connectivity index (χ3v) is 3.81. The van der Waals surface area contributed by atoms with E-state index in [-0.39, 0.29) is 5.82 Å². The minimum absolute atomic E-state index is 0.320. The Morgan fingerprint density at radius 3 is 2.72 bits per heavy atom. The predicted octanol–water partition coefficient (Wildman–Crippen LogP) is 4.26. The van der Waals surface area contributed by atoms with Crippen molar-refractivity contribution in [3.8, 4) is 11.1 Å². The highest BCUT2D eigenvalue weighted by atomic mass is 19.1. The number of aromatic nitrogens is 2. The maximum atomic E-state index is 13.2. The monoisotopic (exact) mass is 336 g/mol. The number of nitrogens with one attached hydrogen (secondary N) is 1. The van der Waals surface area contributed by atoms with Crippen LogP contribution in [0.4, 0.5) is 4.39 Å². The van der Waals surface area contributed by atoms with E-state index < -0.39 is 5.97 Å². The van der Waals surface area contributed by atoms with Gasteiger partial charge in [-0.3, -0.25) is 0 Å². The van der Waals surface area contributed by atoms with Gasteiger partial charge in [0.1, 0.15) is 5.82 Å². The summed E-state index contributed by atoms with van der Waals surface area (Å²) in [6.45, 7) is 0. The van der Waals surface area contributed by atoms with E-state index >= 15 is 0 Å². The first-order valence-electron chi connectivity index (χ1n) is 7.79. The summed E-state index contributed by atoms with van der Waals surface area (Å²) in [5.41, 5.74) is 3.86. The van der Waals surface area contributed by atoms with Crippen LogP contribution in [0, 0.1) is 5.82 Å². The van der Waals surface area contributed by atoms with Crippen LogP contribution in [0.5, 0.6) is 0 Å². The van der Waals surface area contributed by atoms with Gasteiger partial charge in [0.25, 0.3) is 0 Å². The van der Waals surface area contributed by atoms with Crippen molar-refractivity contribution in [3.63, 3.8) is 0 Å². The fraction of sp³-hybridized carbons (Fsp3) is 0.100. The number of benzene rings is 2. The topological polar surface area (TPSA) is 55.0 Å². The number of H-pyrrole nitrogens is 1. The molecular formula is C20H17FN2O2. The van der Waals surface area contributed by atoms with E-state index in [1.807, 2.05) is 24.3 Å². The Labute approximate surface area is 145 Å². The average Bonchev–Trinajstić information content (AvgIpc) is 3.15. The summed E-state index contributed by atoms with van der Waals surface area (Å²) in [6.07, 6.45) is 8.12. The lowest BCUT2D eigenvalue weighted by molar-refractivity contribution is 0.0601. The van der Waals surface area contributed by atoms with Crippen molar-refractivity contribution < 1.29 is 13.9 Å². The van der Waals surface area contributed by atoms with Crippen LogP contribution in [0.1, 0.15) is 21.6 Å². The van der Waals surface area contributed by atoms with Crippen molar-refractivity contribution in [3.05, 3.63) is 83.7 Å². The highest BCUT2D eigenvalue weighted by Gasteiger charge is 2.13. The Morgan fingerprint density at radius 2 is 2.04 bits per heavy atom. The number of nitrogens with zero attached hydrogens (tertiary/aromatic N) is 1. The second-order valence-electron chi connectivity index (χ2n) is 5.49. The fourth-order valence-electron chi connectivity index (χ4n) is 2.54. The van der Waals surface area contributed by atoms with E-state index in [0.29, 0.717) is 11.1 Å². The van der Waals surface area contributed by atoms with Crippen LogP contribution in [0.15, 0.2) is 61.1 Å². The molecule has 1 N–H and O–H groups in total. The highest BCUT2D eigenvalue weighted by Crippen LogP contribution is 2.26. The molecule has 5 heteroatoms. The van der Waals surface area contributed by atoms with Crippen LogP contribution in [0.2, 0.25) is 0 Å². The van der Waals surface area contributed by atoms with Crippen LogP contribution < -0.4 is 0 Å². The molecule has 0 aliphatic rings. The summed E-state index contributed by atoms with van der Waals surface area (Å²) in [7, 11) is 1.34. The third kappa shape index (κ3) is 4.01. The molecule has 0 aliphatic heterocycles. The summed E-state index contributed by atoms with van der Waals surface area (Å²) in [5.74, 6) is -0.744. The molecule has 0 aliphatic carbocycles. The number of aromatic amines is 1. The van der Waals surface area contributed by atoms with Crippen molar-refractivity contribution in [1.82, 2.24) is 9.97 Å². The Morgan fingerprint density at radius 1 is 1.24 bits per heavy atom. The lowest BCUT2D eigenvalue weighted by atomic mass is 9.97. The first kappa shape index (κ1) is 16.6. The van der Waals surface area contributed by atoms with Crippen LogP contribution in [0.25, 0.3) is 17.2 Å². The first-order valence-corrected chi connectivity index (χ1v) is 7.79. The zero-order valence-electron chi connectivity index (χ0n) is 13.7. The predicted molar refractivity (Wildman–Crippen MR) is 94.5 cm³/mol. The lowest BCUT2D eigenvalue weighted by Crippen LogP contribution is -2.03. The minimum atomic E-state index is -0.424. The molecule has 1 aromatic heterocycles. The van der Waals surface area contributed by atoms with Crippen LogP contribution in [-0.4, -0.2) is 23.0 Å². The normalized spacial score (nSPS) is 11.0. The van der Waals surface area contributed by atoms with Crippen molar-refractivity contribution in [1.29, 1.82) is 0 Å². The first-order chi connectivity index (χ1) is 12.2. The van der Waals surface area contributed by atoms with Gasteiger partial charge in [0.15, 0.2) is 0 Å². The number of halogens is 1. The van der Waals surface area contributed by atoms with Gasteiger partial charge in [0, 0.05) is 18.3 Å². The number of allylic oxidation sites excluding steroid dienone is 1. The molecule has 1 heterocycles. The van der Waals surface area contributed by atoms with E-state index in [1.54, 1.807) is 30.7 Å².